The molecule has 1 fully saturated rings. The number of hydrogen-bond acceptors (Lipinski definition) is 4. The van der Waals surface area contributed by atoms with E-state index in [1.165, 1.54) is 20.0 Å². The number of anilines is 1. The summed E-state index contributed by atoms with van der Waals surface area (Å²) in [6, 6.07) is 5.73. The summed E-state index contributed by atoms with van der Waals surface area (Å²) in [5.74, 6) is 1.10. The highest BCUT2D eigenvalue weighted by atomic mass is 35.5. The van der Waals surface area contributed by atoms with Gasteiger partial charge in [0.25, 0.3) is 0 Å². The Labute approximate surface area is 160 Å². The number of hydrogen-bond donors (Lipinski definition) is 1. The number of ether oxygens (including phenoxy) is 1. The summed E-state index contributed by atoms with van der Waals surface area (Å²) >= 11 is 6.60. The normalized spacial score (nSPS) is 20.8. The fourth-order valence-electron chi connectivity index (χ4n) is 3.82. The zero-order valence-corrected chi connectivity index (χ0v) is 16.7. The van der Waals surface area contributed by atoms with Crippen LogP contribution in [0.1, 0.15) is 56.8 Å². The number of carbonyl (C=O) groups excluding carboxylic acids is 1. The summed E-state index contributed by atoms with van der Waals surface area (Å²) in [5, 5.41) is 5.80. The van der Waals surface area contributed by atoms with Crippen molar-refractivity contribution in [3.05, 3.63) is 35.0 Å². The van der Waals surface area contributed by atoms with Gasteiger partial charge in [-0.05, 0) is 49.1 Å². The summed E-state index contributed by atoms with van der Waals surface area (Å²) in [6.45, 7) is 6.98. The van der Waals surface area contributed by atoms with Crippen molar-refractivity contribution in [1.82, 2.24) is 4.98 Å². The molecule has 1 heterocycles. The molecule has 1 aromatic carbocycles. The van der Waals surface area contributed by atoms with Gasteiger partial charge in [0, 0.05) is 23.0 Å². The lowest BCUT2D eigenvalue weighted by Gasteiger charge is -2.37. The third-order valence-electron chi connectivity index (χ3n) is 5.54. The smallest absolute Gasteiger partial charge is 0.337 e. The monoisotopic (exact) mass is 374 g/mol. The molecule has 0 saturated heterocycles. The molecular weight excluding hydrogens is 348 g/mol. The lowest BCUT2D eigenvalue weighted by atomic mass is 9.71. The number of halogens is 1. The zero-order chi connectivity index (χ0) is 18.9. The van der Waals surface area contributed by atoms with Crippen LogP contribution in [0.25, 0.3) is 10.8 Å². The summed E-state index contributed by atoms with van der Waals surface area (Å²) in [7, 11) is 1.38. The van der Waals surface area contributed by atoms with Crippen LogP contribution in [0.15, 0.2) is 24.4 Å². The second-order valence-electron chi connectivity index (χ2n) is 8.27. The van der Waals surface area contributed by atoms with E-state index in [0.717, 1.165) is 29.5 Å². The Hall–Kier alpha value is -1.81. The maximum absolute atomic E-state index is 11.8. The Balaban J connectivity index is 1.78. The second-order valence-corrected chi connectivity index (χ2v) is 8.65. The number of fused-ring (bicyclic) bond motifs is 1. The predicted octanol–water partition coefficient (Wildman–Crippen LogP) is 5.69. The molecular formula is C21H27ClN2O2. The lowest BCUT2D eigenvalue weighted by molar-refractivity contribution is 0.0601. The van der Waals surface area contributed by atoms with Crippen LogP contribution in [-0.4, -0.2) is 24.1 Å². The first-order valence-electron chi connectivity index (χ1n) is 9.22. The number of esters is 1. The van der Waals surface area contributed by atoms with Gasteiger partial charge in [-0.1, -0.05) is 38.4 Å². The minimum Gasteiger partial charge on any atom is -0.465 e. The molecule has 1 saturated carbocycles. The van der Waals surface area contributed by atoms with Gasteiger partial charge >= 0.3 is 5.97 Å². The van der Waals surface area contributed by atoms with Crippen LogP contribution < -0.4 is 5.32 Å². The summed E-state index contributed by atoms with van der Waals surface area (Å²) in [6.07, 6.45) is 6.49. The Morgan fingerprint density at radius 1 is 1.23 bits per heavy atom. The predicted molar refractivity (Wildman–Crippen MR) is 107 cm³/mol. The van der Waals surface area contributed by atoms with E-state index >= 15 is 0 Å². The van der Waals surface area contributed by atoms with E-state index in [2.05, 4.69) is 31.1 Å². The Kier molecular flexibility index (Phi) is 5.42. The Morgan fingerprint density at radius 3 is 2.54 bits per heavy atom. The van der Waals surface area contributed by atoms with Gasteiger partial charge in [0.2, 0.25) is 0 Å². The van der Waals surface area contributed by atoms with Crippen molar-refractivity contribution in [3.8, 4) is 0 Å². The number of nitrogens with one attached hydrogen (secondary N) is 1. The fourth-order valence-corrected chi connectivity index (χ4v) is 4.09. The second kappa shape index (κ2) is 7.43. The molecule has 0 unspecified atom stereocenters. The van der Waals surface area contributed by atoms with Gasteiger partial charge in [0.05, 0.1) is 17.7 Å². The standard InChI is InChI=1S/C21H27ClN2O2/c1-21(2,3)15-7-9-16(10-8-15)24-19-18(22)17-11-13(20(25)26-4)5-6-14(17)12-23-19/h5-6,11-12,15-16H,7-10H2,1-4H3,(H,23,24). The van der Waals surface area contributed by atoms with Gasteiger partial charge in [0.15, 0.2) is 0 Å². The molecule has 1 aliphatic carbocycles. The average Bonchev–Trinajstić information content (AvgIpc) is 2.63. The largest absolute Gasteiger partial charge is 0.465 e. The van der Waals surface area contributed by atoms with Gasteiger partial charge < -0.3 is 10.1 Å². The highest BCUT2D eigenvalue weighted by molar-refractivity contribution is 6.38. The molecule has 3 rings (SSSR count). The first-order chi connectivity index (χ1) is 12.3. The SMILES string of the molecule is COC(=O)c1ccc2cnc(NC3CCC(C(C)(C)C)CC3)c(Cl)c2c1. The lowest BCUT2D eigenvalue weighted by Crippen LogP contribution is -2.31. The van der Waals surface area contributed by atoms with Crippen LogP contribution in [0.4, 0.5) is 5.82 Å². The number of pyridine rings is 1. The van der Waals surface area contributed by atoms with Crippen molar-refractivity contribution in [3.63, 3.8) is 0 Å². The van der Waals surface area contributed by atoms with E-state index < -0.39 is 0 Å². The van der Waals surface area contributed by atoms with Crippen molar-refractivity contribution in [2.24, 2.45) is 11.3 Å². The van der Waals surface area contributed by atoms with Crippen molar-refractivity contribution in [2.45, 2.75) is 52.5 Å². The molecule has 26 heavy (non-hydrogen) atoms. The number of benzene rings is 1. The van der Waals surface area contributed by atoms with Gasteiger partial charge in [-0.3, -0.25) is 0 Å². The molecule has 1 aromatic heterocycles. The van der Waals surface area contributed by atoms with Crippen LogP contribution in [-0.2, 0) is 4.74 Å². The van der Waals surface area contributed by atoms with Crippen LogP contribution >= 0.6 is 11.6 Å². The van der Waals surface area contributed by atoms with E-state index in [1.54, 1.807) is 18.3 Å². The maximum Gasteiger partial charge on any atom is 0.337 e. The molecule has 0 radical (unpaired) electrons. The first-order valence-corrected chi connectivity index (χ1v) is 9.60. The molecule has 2 aromatic rings. The van der Waals surface area contributed by atoms with Crippen LogP contribution in [0.5, 0.6) is 0 Å². The molecule has 0 bridgehead atoms. The quantitative estimate of drug-likeness (QED) is 0.701. The first kappa shape index (κ1) is 19.0. The van der Waals surface area contributed by atoms with Crippen LogP contribution in [0.3, 0.4) is 0 Å². The topological polar surface area (TPSA) is 51.2 Å². The van der Waals surface area contributed by atoms with Crippen molar-refractivity contribution < 1.29 is 9.53 Å². The Bertz CT molecular complexity index is 805. The van der Waals surface area contributed by atoms with E-state index in [1.807, 2.05) is 6.07 Å². The van der Waals surface area contributed by atoms with Gasteiger partial charge in [-0.2, -0.15) is 0 Å². The third kappa shape index (κ3) is 3.96. The zero-order valence-electron chi connectivity index (χ0n) is 15.9. The minimum atomic E-state index is -0.366. The third-order valence-corrected chi connectivity index (χ3v) is 5.93. The van der Waals surface area contributed by atoms with Crippen molar-refractivity contribution in [2.75, 3.05) is 12.4 Å². The van der Waals surface area contributed by atoms with E-state index in [-0.39, 0.29) is 5.97 Å². The molecule has 0 atom stereocenters. The molecule has 4 nitrogen and oxygen atoms in total. The number of methoxy groups -OCH3 is 1. The number of carbonyl (C=O) groups is 1. The van der Waals surface area contributed by atoms with Gasteiger partial charge in [-0.15, -0.1) is 0 Å². The van der Waals surface area contributed by atoms with Gasteiger partial charge in [-0.25, -0.2) is 9.78 Å². The molecule has 0 amide bonds. The van der Waals surface area contributed by atoms with Crippen molar-refractivity contribution in [1.29, 1.82) is 0 Å². The number of rotatable bonds is 3. The Morgan fingerprint density at radius 2 is 1.92 bits per heavy atom. The molecule has 1 N–H and O–H groups in total. The maximum atomic E-state index is 11.8. The molecule has 140 valence electrons. The van der Waals surface area contributed by atoms with E-state index in [0.29, 0.717) is 27.9 Å². The van der Waals surface area contributed by atoms with E-state index in [9.17, 15) is 4.79 Å². The summed E-state index contributed by atoms with van der Waals surface area (Å²) in [5.41, 5.74) is 0.860. The molecule has 0 spiro atoms. The molecule has 1 aliphatic rings. The summed E-state index contributed by atoms with van der Waals surface area (Å²) in [4.78, 5) is 16.3. The highest BCUT2D eigenvalue weighted by Gasteiger charge is 2.30. The highest BCUT2D eigenvalue weighted by Crippen LogP contribution is 2.39. The van der Waals surface area contributed by atoms with E-state index in [4.69, 9.17) is 16.3 Å². The van der Waals surface area contributed by atoms with Crippen LogP contribution in [0.2, 0.25) is 5.02 Å². The molecule has 0 aliphatic heterocycles. The average molecular weight is 375 g/mol. The molecule has 5 heteroatoms. The number of nitrogens with zero attached hydrogens (tertiary/aromatic N) is 1. The van der Waals surface area contributed by atoms with Crippen molar-refractivity contribution >= 4 is 34.2 Å². The van der Waals surface area contributed by atoms with Gasteiger partial charge in [0.1, 0.15) is 5.82 Å². The summed E-state index contributed by atoms with van der Waals surface area (Å²) < 4.78 is 4.80. The number of aromatic nitrogens is 1. The minimum absolute atomic E-state index is 0.366. The fraction of sp³-hybridized carbons (Fsp3) is 0.524. The van der Waals surface area contributed by atoms with Crippen LogP contribution in [0, 0.1) is 11.3 Å².